The van der Waals surface area contributed by atoms with Crippen LogP contribution < -0.4 is 4.72 Å². The lowest BCUT2D eigenvalue weighted by Gasteiger charge is -2.19. The van der Waals surface area contributed by atoms with E-state index in [1.54, 1.807) is 37.7 Å². The molecule has 1 rings (SSSR count). The summed E-state index contributed by atoms with van der Waals surface area (Å²) >= 11 is 3.65. The van der Waals surface area contributed by atoms with Crippen LogP contribution in [0.5, 0.6) is 0 Å². The summed E-state index contributed by atoms with van der Waals surface area (Å²) in [6.45, 7) is 3.47. The van der Waals surface area contributed by atoms with Crippen LogP contribution in [0, 0.1) is 3.57 Å². The van der Waals surface area contributed by atoms with Gasteiger partial charge in [0.1, 0.15) is 6.04 Å². The molecule has 0 saturated heterocycles. The van der Waals surface area contributed by atoms with Crippen LogP contribution in [0.1, 0.15) is 20.3 Å². The van der Waals surface area contributed by atoms with E-state index >= 15 is 0 Å². The molecule has 22 heavy (non-hydrogen) atoms. The van der Waals surface area contributed by atoms with E-state index in [2.05, 4.69) is 27.3 Å². The van der Waals surface area contributed by atoms with Crippen molar-refractivity contribution in [1.29, 1.82) is 0 Å². The molecule has 0 aliphatic carbocycles. The molecular weight excluding hydrogens is 437 g/mol. The van der Waals surface area contributed by atoms with E-state index in [9.17, 15) is 13.2 Å². The van der Waals surface area contributed by atoms with Gasteiger partial charge in [0.15, 0.2) is 0 Å². The Hall–Kier alpha value is -0.320. The lowest BCUT2D eigenvalue weighted by molar-refractivity contribution is -0.149. The fraction of sp³-hybridized carbons (Fsp3) is 0.500. The Kier molecular flexibility index (Phi) is 8.15. The molecule has 0 unspecified atom stereocenters. The molecule has 1 aromatic carbocycles. The second-order valence-corrected chi connectivity index (χ2v) is 8.84. The molecule has 8 heteroatoms. The maximum Gasteiger partial charge on any atom is 0.324 e. The zero-order valence-electron chi connectivity index (χ0n) is 12.7. The second kappa shape index (κ2) is 9.09. The van der Waals surface area contributed by atoms with Crippen molar-refractivity contribution >= 4 is 50.3 Å². The van der Waals surface area contributed by atoms with Crippen LogP contribution in [0.3, 0.4) is 0 Å². The van der Waals surface area contributed by atoms with Crippen LogP contribution in [0.15, 0.2) is 29.2 Å². The third-order valence-corrected chi connectivity index (χ3v) is 5.52. The molecule has 0 spiro atoms. The summed E-state index contributed by atoms with van der Waals surface area (Å²) in [5, 5.41) is 0. The first-order valence-corrected chi connectivity index (χ1v) is 10.7. The summed E-state index contributed by atoms with van der Waals surface area (Å²) in [6.07, 6.45) is 2.00. The summed E-state index contributed by atoms with van der Waals surface area (Å²) in [7, 11) is -3.75. The van der Waals surface area contributed by atoms with Crippen molar-refractivity contribution in [2.45, 2.75) is 37.3 Å². The van der Waals surface area contributed by atoms with Gasteiger partial charge >= 0.3 is 5.97 Å². The van der Waals surface area contributed by atoms with Crippen LogP contribution in [0.4, 0.5) is 0 Å². The predicted molar refractivity (Wildman–Crippen MR) is 97.5 cm³/mol. The standard InChI is InChI=1S/C14H20INO4S2/c1-10(2)20-14(17)13(8-9-21-3)16-22(18,19)12-6-4-11(15)5-7-12/h4-7,10,13,16H,8-9H2,1-3H3/t13-/m0/s1. The molecule has 1 N–H and O–H groups in total. The smallest absolute Gasteiger partial charge is 0.324 e. The van der Waals surface area contributed by atoms with Crippen molar-refractivity contribution in [3.05, 3.63) is 27.8 Å². The van der Waals surface area contributed by atoms with Crippen LogP contribution in [-0.4, -0.2) is 38.5 Å². The van der Waals surface area contributed by atoms with Crippen molar-refractivity contribution in [1.82, 2.24) is 4.72 Å². The summed E-state index contributed by atoms with van der Waals surface area (Å²) in [4.78, 5) is 12.2. The van der Waals surface area contributed by atoms with Gasteiger partial charge in [-0.3, -0.25) is 4.79 Å². The van der Waals surface area contributed by atoms with E-state index in [0.717, 1.165) is 3.57 Å². The monoisotopic (exact) mass is 457 g/mol. The molecule has 0 radical (unpaired) electrons. The Labute approximate surface area is 149 Å². The van der Waals surface area contributed by atoms with Crippen molar-refractivity contribution < 1.29 is 17.9 Å². The quantitative estimate of drug-likeness (QED) is 0.480. The number of halogens is 1. The van der Waals surface area contributed by atoms with E-state index in [1.165, 1.54) is 12.1 Å². The lowest BCUT2D eigenvalue weighted by Crippen LogP contribution is -2.42. The van der Waals surface area contributed by atoms with E-state index in [0.29, 0.717) is 12.2 Å². The van der Waals surface area contributed by atoms with E-state index in [4.69, 9.17) is 4.74 Å². The lowest BCUT2D eigenvalue weighted by atomic mass is 10.2. The highest BCUT2D eigenvalue weighted by atomic mass is 127. The summed E-state index contributed by atoms with van der Waals surface area (Å²) in [5.41, 5.74) is 0. The normalized spacial score (nSPS) is 13.1. The van der Waals surface area contributed by atoms with E-state index in [1.807, 2.05) is 6.26 Å². The maximum absolute atomic E-state index is 12.4. The zero-order chi connectivity index (χ0) is 16.8. The number of ether oxygens (including phenoxy) is 1. The number of hydrogen-bond donors (Lipinski definition) is 1. The number of esters is 1. The minimum atomic E-state index is -3.75. The van der Waals surface area contributed by atoms with E-state index < -0.39 is 22.0 Å². The Morgan fingerprint density at radius 2 is 1.91 bits per heavy atom. The highest BCUT2D eigenvalue weighted by molar-refractivity contribution is 14.1. The van der Waals surface area contributed by atoms with Gasteiger partial charge in [-0.15, -0.1) is 0 Å². The molecule has 5 nitrogen and oxygen atoms in total. The van der Waals surface area contributed by atoms with Gasteiger partial charge in [0.2, 0.25) is 10.0 Å². The molecule has 0 amide bonds. The first-order valence-electron chi connectivity index (χ1n) is 6.73. The number of carbonyl (C=O) groups is 1. The maximum atomic E-state index is 12.4. The van der Waals surface area contributed by atoms with Gasteiger partial charge in [-0.1, -0.05) is 0 Å². The molecule has 0 aliphatic rings. The third kappa shape index (κ3) is 6.43. The average Bonchev–Trinajstić information content (AvgIpc) is 2.43. The first kappa shape index (κ1) is 19.7. The van der Waals surface area contributed by atoms with Crippen LogP contribution in [-0.2, 0) is 19.6 Å². The molecule has 0 bridgehead atoms. The number of hydrogen-bond acceptors (Lipinski definition) is 5. The topological polar surface area (TPSA) is 72.5 Å². The minimum absolute atomic E-state index is 0.138. The molecule has 0 aromatic heterocycles. The SMILES string of the molecule is CSCC[C@H](NS(=O)(=O)c1ccc(I)cc1)C(=O)OC(C)C. The van der Waals surface area contributed by atoms with Gasteiger partial charge in [-0.2, -0.15) is 16.5 Å². The average molecular weight is 457 g/mol. The third-order valence-electron chi connectivity index (χ3n) is 2.67. The van der Waals surface area contributed by atoms with Gasteiger partial charge in [-0.05, 0) is 79.1 Å². The fourth-order valence-electron chi connectivity index (χ4n) is 1.64. The number of benzene rings is 1. The number of nitrogens with one attached hydrogen (secondary N) is 1. The summed E-state index contributed by atoms with van der Waals surface area (Å²) in [6, 6.07) is 5.57. The number of carbonyl (C=O) groups excluding carboxylic acids is 1. The molecule has 0 saturated carbocycles. The number of sulfonamides is 1. The number of thioether (sulfide) groups is 1. The first-order chi connectivity index (χ1) is 10.3. The van der Waals surface area contributed by atoms with Crippen LogP contribution in [0.2, 0.25) is 0 Å². The van der Waals surface area contributed by atoms with Crippen LogP contribution >= 0.6 is 34.4 Å². The molecule has 0 heterocycles. The van der Waals surface area contributed by atoms with Crippen molar-refractivity contribution in [2.24, 2.45) is 0 Å². The van der Waals surface area contributed by atoms with Crippen molar-refractivity contribution in [3.8, 4) is 0 Å². The van der Waals surface area contributed by atoms with Gasteiger partial charge < -0.3 is 4.74 Å². The summed E-state index contributed by atoms with van der Waals surface area (Å²) in [5.74, 6) is 0.116. The molecule has 0 fully saturated rings. The van der Waals surface area contributed by atoms with Gasteiger partial charge in [0.05, 0.1) is 11.0 Å². The molecule has 1 aromatic rings. The van der Waals surface area contributed by atoms with Gasteiger partial charge in [-0.25, -0.2) is 8.42 Å². The summed E-state index contributed by atoms with van der Waals surface area (Å²) < 4.78 is 33.3. The Bertz CT molecular complexity index is 587. The number of rotatable bonds is 8. The Balaban J connectivity index is 2.91. The van der Waals surface area contributed by atoms with Crippen LogP contribution in [0.25, 0.3) is 0 Å². The van der Waals surface area contributed by atoms with Crippen molar-refractivity contribution in [2.75, 3.05) is 12.0 Å². The molecule has 0 aliphatic heterocycles. The second-order valence-electron chi connectivity index (χ2n) is 4.89. The minimum Gasteiger partial charge on any atom is -0.462 e. The molecule has 1 atom stereocenters. The van der Waals surface area contributed by atoms with Gasteiger partial charge in [0, 0.05) is 3.57 Å². The van der Waals surface area contributed by atoms with Crippen molar-refractivity contribution in [3.63, 3.8) is 0 Å². The fourth-order valence-corrected chi connectivity index (χ4v) is 3.69. The predicted octanol–water partition coefficient (Wildman–Crippen LogP) is 2.64. The molecule has 124 valence electrons. The highest BCUT2D eigenvalue weighted by Gasteiger charge is 2.27. The zero-order valence-corrected chi connectivity index (χ0v) is 16.5. The van der Waals surface area contributed by atoms with Gasteiger partial charge in [0.25, 0.3) is 0 Å². The Morgan fingerprint density at radius 1 is 1.32 bits per heavy atom. The Morgan fingerprint density at radius 3 is 2.41 bits per heavy atom. The highest BCUT2D eigenvalue weighted by Crippen LogP contribution is 2.14. The molecular formula is C14H20INO4S2. The largest absolute Gasteiger partial charge is 0.462 e. The van der Waals surface area contributed by atoms with E-state index in [-0.39, 0.29) is 11.0 Å².